The fraction of sp³-hybridized carbons (Fsp3) is 0.579. The molecule has 2 fully saturated rings. The lowest BCUT2D eigenvalue weighted by Crippen LogP contribution is -2.45. The number of carbonyl (C=O) groups excluding carboxylic acids is 1. The molecule has 2 aliphatic heterocycles. The van der Waals surface area contributed by atoms with Crippen molar-refractivity contribution in [1.29, 1.82) is 5.26 Å². The molecule has 2 saturated heterocycles. The van der Waals surface area contributed by atoms with Gasteiger partial charge in [0.1, 0.15) is 18.4 Å². The Bertz CT molecular complexity index is 637. The third-order valence-corrected chi connectivity index (χ3v) is 5.00. The summed E-state index contributed by atoms with van der Waals surface area (Å²) < 4.78 is 11.1. The van der Waals surface area contributed by atoms with Crippen LogP contribution >= 0.6 is 0 Å². The van der Waals surface area contributed by atoms with Crippen LogP contribution in [0.2, 0.25) is 0 Å². The highest BCUT2D eigenvalue weighted by Gasteiger charge is 2.37. The Morgan fingerprint density at radius 3 is 2.84 bits per heavy atom. The molecule has 25 heavy (non-hydrogen) atoms. The van der Waals surface area contributed by atoms with Crippen molar-refractivity contribution in [1.82, 2.24) is 9.80 Å². The van der Waals surface area contributed by atoms with Crippen LogP contribution < -0.4 is 4.74 Å². The average molecular weight is 343 g/mol. The normalized spacial score (nSPS) is 24.1. The lowest BCUT2D eigenvalue weighted by molar-refractivity contribution is -0.140. The summed E-state index contributed by atoms with van der Waals surface area (Å²) in [5.41, 5.74) is 0.553. The molecule has 3 rings (SSSR count). The van der Waals surface area contributed by atoms with E-state index < -0.39 is 0 Å². The number of morpholine rings is 1. The highest BCUT2D eigenvalue weighted by atomic mass is 16.5. The van der Waals surface area contributed by atoms with Gasteiger partial charge in [-0.25, -0.2) is 0 Å². The van der Waals surface area contributed by atoms with E-state index in [0.29, 0.717) is 50.1 Å². The summed E-state index contributed by atoms with van der Waals surface area (Å²) in [6, 6.07) is 9.41. The molecule has 0 unspecified atom stereocenters. The molecule has 2 atom stereocenters. The van der Waals surface area contributed by atoms with E-state index >= 15 is 0 Å². The molecule has 134 valence electrons. The SMILES string of the molecule is C[C@@H]1CN(CCOc2ccccc2C#N)C[C@H]1C(=O)N1CCOCC1. The van der Waals surface area contributed by atoms with Gasteiger partial charge >= 0.3 is 0 Å². The molecule has 1 aromatic rings. The number of hydrogen-bond acceptors (Lipinski definition) is 5. The van der Waals surface area contributed by atoms with E-state index in [1.54, 1.807) is 6.07 Å². The number of benzene rings is 1. The summed E-state index contributed by atoms with van der Waals surface area (Å²) in [6.07, 6.45) is 0. The van der Waals surface area contributed by atoms with Crippen molar-refractivity contribution in [2.75, 3.05) is 52.5 Å². The molecular formula is C19H25N3O3. The van der Waals surface area contributed by atoms with Crippen molar-refractivity contribution in [2.24, 2.45) is 11.8 Å². The second kappa shape index (κ2) is 8.32. The predicted molar refractivity (Wildman–Crippen MR) is 93.1 cm³/mol. The summed E-state index contributed by atoms with van der Waals surface area (Å²) in [5.74, 6) is 1.29. The monoisotopic (exact) mass is 343 g/mol. The molecule has 0 spiro atoms. The first kappa shape index (κ1) is 17.7. The van der Waals surface area contributed by atoms with Gasteiger partial charge in [-0.05, 0) is 18.1 Å². The summed E-state index contributed by atoms with van der Waals surface area (Å²) in [5, 5.41) is 9.09. The van der Waals surface area contributed by atoms with E-state index in [0.717, 1.165) is 19.6 Å². The molecule has 6 heteroatoms. The van der Waals surface area contributed by atoms with Crippen molar-refractivity contribution < 1.29 is 14.3 Å². The number of hydrogen-bond donors (Lipinski definition) is 0. The van der Waals surface area contributed by atoms with Crippen LogP contribution in [0.4, 0.5) is 0 Å². The number of para-hydroxylation sites is 1. The summed E-state index contributed by atoms with van der Waals surface area (Å²) in [4.78, 5) is 16.9. The molecular weight excluding hydrogens is 318 g/mol. The second-order valence-corrected chi connectivity index (χ2v) is 6.74. The Balaban J connectivity index is 1.48. The zero-order chi connectivity index (χ0) is 17.6. The van der Waals surface area contributed by atoms with Crippen LogP contribution in [0.3, 0.4) is 0 Å². The lowest BCUT2D eigenvalue weighted by atomic mass is 9.96. The van der Waals surface area contributed by atoms with Gasteiger partial charge in [0.05, 0.1) is 24.7 Å². The second-order valence-electron chi connectivity index (χ2n) is 6.74. The van der Waals surface area contributed by atoms with E-state index in [9.17, 15) is 4.79 Å². The van der Waals surface area contributed by atoms with Gasteiger partial charge in [0.15, 0.2) is 0 Å². The highest BCUT2D eigenvalue weighted by Crippen LogP contribution is 2.25. The molecule has 0 radical (unpaired) electrons. The number of carbonyl (C=O) groups is 1. The Kier molecular flexibility index (Phi) is 5.90. The average Bonchev–Trinajstić information content (AvgIpc) is 3.02. The van der Waals surface area contributed by atoms with Crippen molar-refractivity contribution in [3.63, 3.8) is 0 Å². The minimum Gasteiger partial charge on any atom is -0.491 e. The van der Waals surface area contributed by atoms with Gasteiger partial charge in [-0.2, -0.15) is 5.26 Å². The first-order valence-electron chi connectivity index (χ1n) is 8.90. The van der Waals surface area contributed by atoms with E-state index in [1.165, 1.54) is 0 Å². The predicted octanol–water partition coefficient (Wildman–Crippen LogP) is 1.36. The van der Waals surface area contributed by atoms with Gasteiger partial charge in [0.2, 0.25) is 5.91 Å². The summed E-state index contributed by atoms with van der Waals surface area (Å²) in [7, 11) is 0. The fourth-order valence-corrected chi connectivity index (χ4v) is 3.56. The maximum absolute atomic E-state index is 12.7. The Morgan fingerprint density at radius 2 is 2.08 bits per heavy atom. The summed E-state index contributed by atoms with van der Waals surface area (Å²) >= 11 is 0. The molecule has 1 aromatic carbocycles. The Morgan fingerprint density at radius 1 is 1.32 bits per heavy atom. The van der Waals surface area contributed by atoms with E-state index in [2.05, 4.69) is 17.9 Å². The number of nitrogens with zero attached hydrogens (tertiary/aromatic N) is 3. The first-order chi connectivity index (χ1) is 12.2. The number of likely N-dealkylation sites (tertiary alicyclic amines) is 1. The quantitative estimate of drug-likeness (QED) is 0.808. The molecule has 0 saturated carbocycles. The molecule has 0 aromatic heterocycles. The smallest absolute Gasteiger partial charge is 0.227 e. The Hall–Kier alpha value is -2.10. The zero-order valence-corrected chi connectivity index (χ0v) is 14.7. The van der Waals surface area contributed by atoms with Crippen molar-refractivity contribution in [2.45, 2.75) is 6.92 Å². The highest BCUT2D eigenvalue weighted by molar-refractivity contribution is 5.79. The van der Waals surface area contributed by atoms with E-state index in [1.807, 2.05) is 23.1 Å². The van der Waals surface area contributed by atoms with Gasteiger partial charge < -0.3 is 14.4 Å². The fourth-order valence-electron chi connectivity index (χ4n) is 3.56. The van der Waals surface area contributed by atoms with Crippen LogP contribution in [-0.2, 0) is 9.53 Å². The molecule has 0 aliphatic carbocycles. The number of nitriles is 1. The largest absolute Gasteiger partial charge is 0.491 e. The maximum Gasteiger partial charge on any atom is 0.227 e. The van der Waals surface area contributed by atoms with Crippen LogP contribution in [0.5, 0.6) is 5.75 Å². The number of amides is 1. The third kappa shape index (κ3) is 4.30. The van der Waals surface area contributed by atoms with Crippen LogP contribution in [-0.4, -0.2) is 68.3 Å². The third-order valence-electron chi connectivity index (χ3n) is 5.00. The molecule has 0 N–H and O–H groups in total. The van der Waals surface area contributed by atoms with E-state index in [4.69, 9.17) is 14.7 Å². The molecule has 1 amide bonds. The van der Waals surface area contributed by atoms with Gasteiger partial charge in [0.25, 0.3) is 0 Å². The number of rotatable bonds is 5. The van der Waals surface area contributed by atoms with Gasteiger partial charge in [-0.15, -0.1) is 0 Å². The maximum atomic E-state index is 12.7. The topological polar surface area (TPSA) is 65.8 Å². The minimum absolute atomic E-state index is 0.0597. The molecule has 0 bridgehead atoms. The Labute approximate surface area is 148 Å². The van der Waals surface area contributed by atoms with Crippen molar-refractivity contribution >= 4 is 5.91 Å². The van der Waals surface area contributed by atoms with Crippen molar-refractivity contribution in [3.05, 3.63) is 29.8 Å². The molecule has 6 nitrogen and oxygen atoms in total. The van der Waals surface area contributed by atoms with Crippen LogP contribution in [0, 0.1) is 23.2 Å². The lowest BCUT2D eigenvalue weighted by Gasteiger charge is -2.30. The van der Waals surface area contributed by atoms with Crippen LogP contribution in [0.1, 0.15) is 12.5 Å². The van der Waals surface area contributed by atoms with Crippen molar-refractivity contribution in [3.8, 4) is 11.8 Å². The molecule has 2 aliphatic rings. The minimum atomic E-state index is 0.0597. The van der Waals surface area contributed by atoms with E-state index in [-0.39, 0.29) is 11.8 Å². The first-order valence-corrected chi connectivity index (χ1v) is 8.90. The zero-order valence-electron chi connectivity index (χ0n) is 14.7. The van der Waals surface area contributed by atoms with Crippen LogP contribution in [0.25, 0.3) is 0 Å². The number of ether oxygens (including phenoxy) is 2. The summed E-state index contributed by atoms with van der Waals surface area (Å²) in [6.45, 7) is 7.80. The van der Waals surface area contributed by atoms with Gasteiger partial charge in [-0.3, -0.25) is 9.69 Å². The van der Waals surface area contributed by atoms with Crippen LogP contribution in [0.15, 0.2) is 24.3 Å². The molecule has 2 heterocycles. The van der Waals surface area contributed by atoms with Gasteiger partial charge in [0, 0.05) is 32.7 Å². The standard InChI is InChI=1S/C19H25N3O3/c1-15-13-21(6-11-25-18-5-3-2-4-16(18)12-20)14-17(15)19(23)22-7-9-24-10-8-22/h2-5,15,17H,6-11,13-14H2,1H3/t15-,17-/m1/s1. The van der Waals surface area contributed by atoms with Gasteiger partial charge in [-0.1, -0.05) is 19.1 Å².